The number of aryl methyl sites for hydroxylation is 1. The molecule has 1 N–H and O–H groups in total. The number of hydrogen-bond donors (Lipinski definition) is 1. The van der Waals surface area contributed by atoms with E-state index < -0.39 is 0 Å². The summed E-state index contributed by atoms with van der Waals surface area (Å²) in [6.45, 7) is 2.57. The van der Waals surface area contributed by atoms with Gasteiger partial charge in [0.2, 0.25) is 0 Å². The first-order valence-corrected chi connectivity index (χ1v) is 10.9. The van der Waals surface area contributed by atoms with E-state index >= 15 is 0 Å². The molecule has 4 aromatic rings. The van der Waals surface area contributed by atoms with E-state index in [0.717, 1.165) is 24.2 Å². The van der Waals surface area contributed by atoms with Crippen molar-refractivity contribution in [2.75, 3.05) is 6.54 Å². The van der Waals surface area contributed by atoms with Crippen LogP contribution in [0.2, 0.25) is 0 Å². The number of benzene rings is 1. The van der Waals surface area contributed by atoms with Crippen LogP contribution in [0.15, 0.2) is 61.2 Å². The third kappa shape index (κ3) is 4.37. The minimum absolute atomic E-state index is 0.0873. The summed E-state index contributed by atoms with van der Waals surface area (Å²) in [5.41, 5.74) is 4.07. The lowest BCUT2D eigenvalue weighted by molar-refractivity contribution is 0.0732. The lowest BCUT2D eigenvalue weighted by atomic mass is 10.1. The van der Waals surface area contributed by atoms with Gasteiger partial charge in [0.25, 0.3) is 5.91 Å². The molecule has 3 aromatic heterocycles. The summed E-state index contributed by atoms with van der Waals surface area (Å²) in [5.74, 6) is 0.293. The number of carbonyl (C=O) groups is 1. The van der Waals surface area contributed by atoms with Crippen molar-refractivity contribution in [1.82, 2.24) is 29.8 Å². The number of carbonyl (C=O) groups excluding carboxylic acids is 1. The van der Waals surface area contributed by atoms with Gasteiger partial charge >= 0.3 is 0 Å². The third-order valence-electron chi connectivity index (χ3n) is 5.85. The molecular weight excluding hydrogens is 419 g/mol. The number of likely N-dealkylation sites (tertiary alicyclic amines) is 1. The standard InChI is InChI=1S/C25H23FN6O/c1-16-13-29-24(30-16)22-15-27-14-21(31-22)23-7-4-10-32(23)25(33)18-8-9-28-19(12-18)11-17-5-2-3-6-20(17)26/h2-3,5-6,8-9,12-15,23H,4,7,10-11H2,1H3,(H,29,30)/t23-/m0/s1. The Morgan fingerprint density at radius 2 is 2.06 bits per heavy atom. The SMILES string of the molecule is Cc1cnc(-c2cncc([C@@H]3CCCN3C(=O)c3ccnc(Cc4ccccc4F)c3)n2)[nH]1. The fourth-order valence-corrected chi connectivity index (χ4v) is 4.23. The summed E-state index contributed by atoms with van der Waals surface area (Å²) in [6.07, 6.45) is 8.76. The summed E-state index contributed by atoms with van der Waals surface area (Å²) in [5, 5.41) is 0. The Kier molecular flexibility index (Phi) is 5.64. The van der Waals surface area contributed by atoms with E-state index in [1.165, 1.54) is 6.07 Å². The number of amides is 1. The fourth-order valence-electron chi connectivity index (χ4n) is 4.23. The quantitative estimate of drug-likeness (QED) is 0.499. The Morgan fingerprint density at radius 3 is 2.88 bits per heavy atom. The first-order chi connectivity index (χ1) is 16.1. The smallest absolute Gasteiger partial charge is 0.254 e. The highest BCUT2D eigenvalue weighted by Gasteiger charge is 2.32. The highest BCUT2D eigenvalue weighted by molar-refractivity contribution is 5.94. The number of imidazole rings is 1. The van der Waals surface area contributed by atoms with Gasteiger partial charge < -0.3 is 9.88 Å². The van der Waals surface area contributed by atoms with Crippen LogP contribution >= 0.6 is 0 Å². The molecule has 8 heteroatoms. The van der Waals surface area contributed by atoms with Crippen molar-refractivity contribution in [3.8, 4) is 11.5 Å². The van der Waals surface area contributed by atoms with E-state index in [2.05, 4.69) is 19.9 Å². The molecule has 1 atom stereocenters. The second-order valence-corrected chi connectivity index (χ2v) is 8.20. The van der Waals surface area contributed by atoms with E-state index in [-0.39, 0.29) is 17.8 Å². The van der Waals surface area contributed by atoms with Crippen molar-refractivity contribution < 1.29 is 9.18 Å². The molecule has 0 spiro atoms. The summed E-state index contributed by atoms with van der Waals surface area (Å²) < 4.78 is 14.1. The van der Waals surface area contributed by atoms with Gasteiger partial charge in [-0.3, -0.25) is 14.8 Å². The van der Waals surface area contributed by atoms with Gasteiger partial charge in [-0.15, -0.1) is 0 Å². The van der Waals surface area contributed by atoms with Crippen LogP contribution < -0.4 is 0 Å². The first-order valence-electron chi connectivity index (χ1n) is 10.9. The largest absolute Gasteiger partial charge is 0.341 e. The van der Waals surface area contributed by atoms with Crippen LogP contribution in [0.25, 0.3) is 11.5 Å². The second kappa shape index (κ2) is 8.90. The molecule has 5 rings (SSSR count). The predicted octanol–water partition coefficient (Wildman–Crippen LogP) is 4.28. The molecule has 0 saturated carbocycles. The zero-order chi connectivity index (χ0) is 22.8. The molecule has 1 saturated heterocycles. The van der Waals surface area contributed by atoms with E-state index in [1.54, 1.807) is 55.1 Å². The molecule has 0 radical (unpaired) electrons. The van der Waals surface area contributed by atoms with Crippen LogP contribution in [0, 0.1) is 12.7 Å². The molecular formula is C25H23FN6O. The number of halogens is 1. The molecule has 4 heterocycles. The van der Waals surface area contributed by atoms with Gasteiger partial charge in [-0.25, -0.2) is 14.4 Å². The number of rotatable bonds is 5. The second-order valence-electron chi connectivity index (χ2n) is 8.20. The van der Waals surface area contributed by atoms with Crippen molar-refractivity contribution in [2.24, 2.45) is 0 Å². The Labute approximate surface area is 190 Å². The minimum Gasteiger partial charge on any atom is -0.341 e. The maximum atomic E-state index is 14.1. The van der Waals surface area contributed by atoms with E-state index in [4.69, 9.17) is 4.98 Å². The summed E-state index contributed by atoms with van der Waals surface area (Å²) in [6, 6.07) is 9.90. The van der Waals surface area contributed by atoms with Crippen molar-refractivity contribution in [2.45, 2.75) is 32.2 Å². The average Bonchev–Trinajstić information content (AvgIpc) is 3.50. The fraction of sp³-hybridized carbons (Fsp3) is 0.240. The normalized spacial score (nSPS) is 15.7. The maximum Gasteiger partial charge on any atom is 0.254 e. The number of pyridine rings is 1. The molecule has 1 amide bonds. The Morgan fingerprint density at radius 1 is 1.18 bits per heavy atom. The van der Waals surface area contributed by atoms with Crippen LogP contribution in [0.5, 0.6) is 0 Å². The van der Waals surface area contributed by atoms with Crippen LogP contribution in [0.4, 0.5) is 4.39 Å². The van der Waals surface area contributed by atoms with Crippen LogP contribution in [-0.2, 0) is 6.42 Å². The summed E-state index contributed by atoms with van der Waals surface area (Å²) >= 11 is 0. The number of nitrogens with one attached hydrogen (secondary N) is 1. The minimum atomic E-state index is -0.277. The summed E-state index contributed by atoms with van der Waals surface area (Å²) in [7, 11) is 0. The zero-order valence-corrected chi connectivity index (χ0v) is 18.2. The Balaban J connectivity index is 1.38. The molecule has 166 valence electrons. The van der Waals surface area contributed by atoms with Crippen molar-refractivity contribution in [3.05, 3.63) is 95.2 Å². The number of H-pyrrole nitrogens is 1. The highest BCUT2D eigenvalue weighted by Crippen LogP contribution is 2.32. The van der Waals surface area contributed by atoms with Gasteiger partial charge in [-0.05, 0) is 43.5 Å². The predicted molar refractivity (Wildman–Crippen MR) is 121 cm³/mol. The first kappa shape index (κ1) is 20.9. The zero-order valence-electron chi connectivity index (χ0n) is 18.2. The van der Waals surface area contributed by atoms with Crippen LogP contribution in [0.3, 0.4) is 0 Å². The van der Waals surface area contributed by atoms with Gasteiger partial charge in [-0.1, -0.05) is 18.2 Å². The number of aromatic nitrogens is 5. The lowest BCUT2D eigenvalue weighted by Crippen LogP contribution is -2.31. The lowest BCUT2D eigenvalue weighted by Gasteiger charge is -2.24. The molecule has 1 fully saturated rings. The molecule has 0 bridgehead atoms. The van der Waals surface area contributed by atoms with Crippen LogP contribution in [-0.4, -0.2) is 42.3 Å². The van der Waals surface area contributed by atoms with Crippen molar-refractivity contribution >= 4 is 5.91 Å². The number of hydrogen-bond acceptors (Lipinski definition) is 5. The number of aromatic amines is 1. The molecule has 1 aromatic carbocycles. The molecule has 7 nitrogen and oxygen atoms in total. The monoisotopic (exact) mass is 442 g/mol. The van der Waals surface area contributed by atoms with Crippen molar-refractivity contribution in [3.63, 3.8) is 0 Å². The maximum absolute atomic E-state index is 14.1. The molecule has 33 heavy (non-hydrogen) atoms. The number of nitrogens with zero attached hydrogens (tertiary/aromatic N) is 5. The van der Waals surface area contributed by atoms with Gasteiger partial charge in [0.15, 0.2) is 5.82 Å². The molecule has 0 unspecified atom stereocenters. The van der Waals surface area contributed by atoms with E-state index in [0.29, 0.717) is 41.3 Å². The highest BCUT2D eigenvalue weighted by atomic mass is 19.1. The van der Waals surface area contributed by atoms with Gasteiger partial charge in [0.1, 0.15) is 11.5 Å². The van der Waals surface area contributed by atoms with Gasteiger partial charge in [0, 0.05) is 42.3 Å². The molecule has 0 aliphatic carbocycles. The molecule has 1 aliphatic rings. The Hall–Kier alpha value is -3.94. The van der Waals surface area contributed by atoms with E-state index in [1.807, 2.05) is 11.8 Å². The Bertz CT molecular complexity index is 1300. The van der Waals surface area contributed by atoms with Gasteiger partial charge in [-0.2, -0.15) is 0 Å². The average molecular weight is 442 g/mol. The van der Waals surface area contributed by atoms with Gasteiger partial charge in [0.05, 0.1) is 24.1 Å². The third-order valence-corrected chi connectivity index (χ3v) is 5.85. The summed E-state index contributed by atoms with van der Waals surface area (Å²) in [4.78, 5) is 36.2. The molecule has 1 aliphatic heterocycles. The van der Waals surface area contributed by atoms with E-state index in [9.17, 15) is 9.18 Å². The van der Waals surface area contributed by atoms with Crippen molar-refractivity contribution in [1.29, 1.82) is 0 Å². The topological polar surface area (TPSA) is 87.7 Å². The van der Waals surface area contributed by atoms with Crippen LogP contribution in [0.1, 0.15) is 51.9 Å².